The Hall–Kier alpha value is -2.18. The minimum absolute atomic E-state index is 0.0237. The molecule has 0 aliphatic carbocycles. The van der Waals surface area contributed by atoms with E-state index in [0.717, 1.165) is 6.07 Å². The number of carboxylic acids is 1. The highest BCUT2D eigenvalue weighted by Gasteiger charge is 2.20. The number of nitrogens with one attached hydrogen (secondary N) is 1. The number of rotatable bonds is 6. The Morgan fingerprint density at radius 3 is 2.65 bits per heavy atom. The van der Waals surface area contributed by atoms with Gasteiger partial charge in [-0.3, -0.25) is 4.79 Å². The molecule has 110 valence electrons. The molecule has 0 saturated heterocycles. The lowest BCUT2D eigenvalue weighted by molar-refractivity contribution is -0.120. The van der Waals surface area contributed by atoms with Crippen molar-refractivity contribution in [3.8, 4) is 0 Å². The molecule has 1 amide bonds. The van der Waals surface area contributed by atoms with E-state index in [9.17, 15) is 14.0 Å². The third-order valence-corrected chi connectivity index (χ3v) is 2.57. The second kappa shape index (κ2) is 6.83. The molecule has 6 nitrogen and oxygen atoms in total. The van der Waals surface area contributed by atoms with Crippen molar-refractivity contribution >= 4 is 17.7 Å². The third kappa shape index (κ3) is 3.91. The molecule has 1 rings (SSSR count). The predicted octanol–water partition coefficient (Wildman–Crippen LogP) is 1.27. The zero-order valence-electron chi connectivity index (χ0n) is 11.7. The van der Waals surface area contributed by atoms with Gasteiger partial charge in [-0.2, -0.15) is 0 Å². The molecule has 0 spiro atoms. The monoisotopic (exact) mass is 283 g/mol. The number of carbonyl (C=O) groups excluding carboxylic acids is 1. The molecular formula is C13H18FN3O3. The number of hydrogen-bond acceptors (Lipinski definition) is 4. The summed E-state index contributed by atoms with van der Waals surface area (Å²) in [6, 6.07) is 1.06. The second-order valence-corrected chi connectivity index (χ2v) is 4.54. The van der Waals surface area contributed by atoms with Crippen molar-refractivity contribution in [3.05, 3.63) is 23.6 Å². The predicted molar refractivity (Wildman–Crippen MR) is 72.3 cm³/mol. The maximum atomic E-state index is 14.1. The number of nitrogens with zero attached hydrogens (tertiary/aromatic N) is 2. The number of hydrogen-bond donors (Lipinski definition) is 2. The van der Waals surface area contributed by atoms with Crippen LogP contribution in [0.3, 0.4) is 0 Å². The second-order valence-electron chi connectivity index (χ2n) is 4.54. The summed E-state index contributed by atoms with van der Waals surface area (Å²) in [5.74, 6) is -2.71. The first kappa shape index (κ1) is 15.9. The van der Waals surface area contributed by atoms with Crippen LogP contribution >= 0.6 is 0 Å². The summed E-state index contributed by atoms with van der Waals surface area (Å²) in [6.45, 7) is 5.62. The van der Waals surface area contributed by atoms with Crippen LogP contribution in [0.5, 0.6) is 0 Å². The van der Waals surface area contributed by atoms with Crippen LogP contribution < -0.4 is 10.2 Å². The maximum Gasteiger partial charge on any atom is 0.338 e. The lowest BCUT2D eigenvalue weighted by Crippen LogP contribution is -2.40. The van der Waals surface area contributed by atoms with Gasteiger partial charge in [-0.05, 0) is 26.8 Å². The van der Waals surface area contributed by atoms with Crippen LogP contribution in [-0.2, 0) is 4.79 Å². The van der Waals surface area contributed by atoms with Gasteiger partial charge in [-0.1, -0.05) is 0 Å². The highest BCUT2D eigenvalue weighted by Crippen LogP contribution is 2.19. The van der Waals surface area contributed by atoms with Crippen molar-refractivity contribution < 1.29 is 19.1 Å². The van der Waals surface area contributed by atoms with Gasteiger partial charge in [0.15, 0.2) is 11.6 Å². The van der Waals surface area contributed by atoms with Gasteiger partial charge < -0.3 is 15.3 Å². The van der Waals surface area contributed by atoms with Gasteiger partial charge in [0.1, 0.15) is 5.56 Å². The highest BCUT2D eigenvalue weighted by atomic mass is 19.1. The van der Waals surface area contributed by atoms with Crippen molar-refractivity contribution in [3.63, 3.8) is 0 Å². The van der Waals surface area contributed by atoms with E-state index < -0.39 is 17.3 Å². The fourth-order valence-electron chi connectivity index (χ4n) is 1.70. The average Bonchev–Trinajstić information content (AvgIpc) is 2.35. The molecule has 1 aromatic rings. The number of amides is 1. The Kier molecular flexibility index (Phi) is 5.42. The number of aromatic carboxylic acids is 1. The van der Waals surface area contributed by atoms with E-state index in [4.69, 9.17) is 5.11 Å². The summed E-state index contributed by atoms with van der Waals surface area (Å²) in [5.41, 5.74) is -0.460. The van der Waals surface area contributed by atoms with E-state index in [2.05, 4.69) is 10.3 Å². The molecular weight excluding hydrogens is 265 g/mol. The summed E-state index contributed by atoms with van der Waals surface area (Å²) in [7, 11) is 0. The van der Waals surface area contributed by atoms with Gasteiger partial charge in [-0.25, -0.2) is 14.2 Å². The van der Waals surface area contributed by atoms with Crippen LogP contribution in [0.15, 0.2) is 12.3 Å². The van der Waals surface area contributed by atoms with Crippen LogP contribution in [0.25, 0.3) is 0 Å². The Labute approximate surface area is 116 Å². The molecule has 0 atom stereocenters. The molecule has 2 N–H and O–H groups in total. The van der Waals surface area contributed by atoms with Gasteiger partial charge in [0.25, 0.3) is 0 Å². The number of pyridine rings is 1. The summed E-state index contributed by atoms with van der Waals surface area (Å²) in [6.07, 6.45) is 1.21. The highest BCUT2D eigenvalue weighted by molar-refractivity contribution is 5.89. The first-order valence-electron chi connectivity index (χ1n) is 6.28. The van der Waals surface area contributed by atoms with E-state index in [1.807, 2.05) is 13.8 Å². The number of carboxylic acid groups (broad SMARTS) is 1. The minimum Gasteiger partial charge on any atom is -0.478 e. The van der Waals surface area contributed by atoms with Crippen molar-refractivity contribution in [2.45, 2.75) is 26.8 Å². The van der Waals surface area contributed by atoms with Gasteiger partial charge in [0.05, 0.1) is 6.54 Å². The van der Waals surface area contributed by atoms with Crippen LogP contribution in [-0.4, -0.2) is 41.1 Å². The zero-order valence-corrected chi connectivity index (χ0v) is 11.7. The molecule has 1 aromatic heterocycles. The van der Waals surface area contributed by atoms with Gasteiger partial charge in [-0.15, -0.1) is 0 Å². The van der Waals surface area contributed by atoms with Gasteiger partial charge in [0.2, 0.25) is 5.91 Å². The standard InChI is InChI=1S/C13H18FN3O3/c1-4-17(7-10(18)16-8(2)3)12-11(14)9(13(19)20)5-6-15-12/h5-6,8H,4,7H2,1-3H3,(H,16,18)(H,19,20). The topological polar surface area (TPSA) is 82.5 Å². The molecule has 0 radical (unpaired) electrons. The van der Waals surface area contributed by atoms with E-state index in [1.54, 1.807) is 6.92 Å². The Morgan fingerprint density at radius 1 is 1.50 bits per heavy atom. The Bertz CT molecular complexity index is 506. The zero-order chi connectivity index (χ0) is 15.3. The number of carbonyl (C=O) groups is 2. The van der Waals surface area contributed by atoms with Crippen molar-refractivity contribution in [2.75, 3.05) is 18.0 Å². The van der Waals surface area contributed by atoms with Crippen LogP contribution in [0.4, 0.5) is 10.2 Å². The first-order valence-corrected chi connectivity index (χ1v) is 6.28. The lowest BCUT2D eigenvalue weighted by Gasteiger charge is -2.22. The van der Waals surface area contributed by atoms with Gasteiger partial charge in [0, 0.05) is 18.8 Å². The molecule has 7 heteroatoms. The van der Waals surface area contributed by atoms with E-state index in [1.165, 1.54) is 11.1 Å². The van der Waals surface area contributed by atoms with Crippen LogP contribution in [0.2, 0.25) is 0 Å². The maximum absolute atomic E-state index is 14.1. The normalized spacial score (nSPS) is 10.4. The molecule has 0 unspecified atom stereocenters. The first-order chi connectivity index (χ1) is 9.36. The average molecular weight is 283 g/mol. The van der Waals surface area contributed by atoms with Crippen molar-refractivity contribution in [1.29, 1.82) is 0 Å². The number of aromatic nitrogens is 1. The molecule has 1 heterocycles. The number of likely N-dealkylation sites (N-methyl/N-ethyl adjacent to an activating group) is 1. The van der Waals surface area contributed by atoms with Crippen molar-refractivity contribution in [2.24, 2.45) is 0 Å². The summed E-state index contributed by atoms with van der Waals surface area (Å²) in [4.78, 5) is 27.8. The molecule has 0 aliphatic heterocycles. The van der Waals surface area contributed by atoms with E-state index in [-0.39, 0.29) is 24.3 Å². The molecule has 0 bridgehead atoms. The molecule has 20 heavy (non-hydrogen) atoms. The SMILES string of the molecule is CCN(CC(=O)NC(C)C)c1nccc(C(=O)O)c1F. The van der Waals surface area contributed by atoms with E-state index >= 15 is 0 Å². The Morgan fingerprint density at radius 2 is 2.15 bits per heavy atom. The largest absolute Gasteiger partial charge is 0.478 e. The quantitative estimate of drug-likeness (QED) is 0.821. The molecule has 0 saturated carbocycles. The smallest absolute Gasteiger partial charge is 0.338 e. The van der Waals surface area contributed by atoms with Crippen molar-refractivity contribution in [1.82, 2.24) is 10.3 Å². The van der Waals surface area contributed by atoms with Crippen LogP contribution in [0.1, 0.15) is 31.1 Å². The van der Waals surface area contributed by atoms with E-state index in [0.29, 0.717) is 6.54 Å². The van der Waals surface area contributed by atoms with Gasteiger partial charge >= 0.3 is 5.97 Å². The third-order valence-electron chi connectivity index (χ3n) is 2.57. The lowest BCUT2D eigenvalue weighted by atomic mass is 10.2. The summed E-state index contributed by atoms with van der Waals surface area (Å²) >= 11 is 0. The minimum atomic E-state index is -1.37. The van der Waals surface area contributed by atoms with Crippen LogP contribution in [0, 0.1) is 5.82 Å². The number of halogens is 1. The molecule has 0 aliphatic rings. The fraction of sp³-hybridized carbons (Fsp3) is 0.462. The number of anilines is 1. The molecule has 0 fully saturated rings. The summed E-state index contributed by atoms with van der Waals surface area (Å²) in [5, 5.41) is 11.6. The fourth-order valence-corrected chi connectivity index (χ4v) is 1.70. The molecule has 0 aromatic carbocycles. The Balaban J connectivity index is 2.98. The summed E-state index contributed by atoms with van der Waals surface area (Å²) < 4.78 is 14.1.